The normalized spacial score (nSPS) is 15.8. The van der Waals surface area contributed by atoms with Gasteiger partial charge in [0.2, 0.25) is 0 Å². The summed E-state index contributed by atoms with van der Waals surface area (Å²) in [5, 5.41) is -0.274. The zero-order valence-corrected chi connectivity index (χ0v) is 20.1. The van der Waals surface area contributed by atoms with Crippen LogP contribution in [0, 0.1) is 5.82 Å². The first-order valence-corrected chi connectivity index (χ1v) is 13.4. The molecule has 0 saturated heterocycles. The number of hydrogen-bond donors (Lipinski definition) is 0. The molecule has 1 aliphatic heterocycles. The van der Waals surface area contributed by atoms with Crippen molar-refractivity contribution in [1.29, 1.82) is 0 Å². The van der Waals surface area contributed by atoms with Crippen molar-refractivity contribution in [1.82, 2.24) is 4.90 Å². The fourth-order valence-electron chi connectivity index (χ4n) is 3.42. The smallest absolute Gasteiger partial charge is 0.297 e. The third kappa shape index (κ3) is 4.13. The minimum atomic E-state index is -3.57. The number of rotatable bonds is 6. The third-order valence-corrected chi connectivity index (χ3v) is 11.0. The molecule has 0 saturated carbocycles. The Kier molecular flexibility index (Phi) is 6.16. The fraction of sp³-hybridized carbons (Fsp3) is 0.417. The van der Waals surface area contributed by atoms with Crippen molar-refractivity contribution in [3.8, 4) is 0 Å². The Morgan fingerprint density at radius 1 is 0.969 bits per heavy atom. The van der Waals surface area contributed by atoms with Gasteiger partial charge in [-0.15, -0.1) is 0 Å². The summed E-state index contributed by atoms with van der Waals surface area (Å²) in [6.45, 7) is 10.0. The number of halogens is 3. The maximum Gasteiger partial charge on any atom is 0.297 e. The summed E-state index contributed by atoms with van der Waals surface area (Å²) >= 11 is 0. The van der Waals surface area contributed by atoms with E-state index in [0.29, 0.717) is 0 Å². The van der Waals surface area contributed by atoms with Crippen LogP contribution in [0.1, 0.15) is 65.6 Å². The fourth-order valence-corrected chi connectivity index (χ4v) is 4.39. The first-order chi connectivity index (χ1) is 14.7. The predicted octanol–water partition coefficient (Wildman–Crippen LogP) is 6.30. The second-order valence-corrected chi connectivity index (χ2v) is 14.5. The van der Waals surface area contributed by atoms with Crippen LogP contribution in [0.25, 0.3) is 0 Å². The van der Waals surface area contributed by atoms with E-state index in [1.165, 1.54) is 31.2 Å². The van der Waals surface area contributed by atoms with Gasteiger partial charge in [-0.2, -0.15) is 8.78 Å². The summed E-state index contributed by atoms with van der Waals surface area (Å²) in [6, 6.07) is 8.87. The average Bonchev–Trinajstić information content (AvgIpc) is 2.96. The van der Waals surface area contributed by atoms with Gasteiger partial charge in [-0.1, -0.05) is 45.0 Å². The van der Waals surface area contributed by atoms with E-state index in [1.807, 2.05) is 33.9 Å². The molecule has 1 atom stereocenters. The van der Waals surface area contributed by atoms with Crippen molar-refractivity contribution in [2.45, 2.75) is 57.8 Å². The van der Waals surface area contributed by atoms with E-state index < -0.39 is 50.1 Å². The van der Waals surface area contributed by atoms with Crippen LogP contribution in [-0.2, 0) is 10.3 Å². The van der Waals surface area contributed by atoms with Gasteiger partial charge in [0.05, 0.1) is 22.7 Å². The third-order valence-electron chi connectivity index (χ3n) is 6.51. The summed E-state index contributed by atoms with van der Waals surface area (Å²) in [5.41, 5.74) is -0.524. The molecule has 4 nitrogen and oxygen atoms in total. The molecule has 0 N–H and O–H groups in total. The van der Waals surface area contributed by atoms with Crippen LogP contribution in [-0.4, -0.2) is 31.6 Å². The molecule has 0 unspecified atom stereocenters. The molecule has 8 heteroatoms. The largest absolute Gasteiger partial charge is 0.410 e. The van der Waals surface area contributed by atoms with Crippen LogP contribution in [0.5, 0.6) is 0 Å². The maximum atomic E-state index is 15.3. The van der Waals surface area contributed by atoms with E-state index in [9.17, 15) is 9.59 Å². The molecule has 32 heavy (non-hydrogen) atoms. The van der Waals surface area contributed by atoms with Gasteiger partial charge in [0.1, 0.15) is 12.4 Å². The van der Waals surface area contributed by atoms with Gasteiger partial charge in [0.15, 0.2) is 8.32 Å². The monoisotopic (exact) mass is 463 g/mol. The lowest BCUT2D eigenvalue weighted by Crippen LogP contribution is -2.43. The topological polar surface area (TPSA) is 46.6 Å². The minimum Gasteiger partial charge on any atom is -0.410 e. The molecule has 0 aliphatic carbocycles. The highest BCUT2D eigenvalue weighted by Crippen LogP contribution is 2.40. The first kappa shape index (κ1) is 24.2. The Balaban J connectivity index is 1.90. The number of carbonyl (C=O) groups excluding carboxylic acids is 2. The molecule has 0 radical (unpaired) electrons. The highest BCUT2D eigenvalue weighted by molar-refractivity contribution is 6.74. The zero-order valence-electron chi connectivity index (χ0n) is 19.1. The second kappa shape index (κ2) is 8.15. The number of alkyl halides is 2. The Morgan fingerprint density at radius 2 is 1.50 bits per heavy atom. The van der Waals surface area contributed by atoms with Gasteiger partial charge in [-0.05, 0) is 43.3 Å². The first-order valence-electron chi connectivity index (χ1n) is 10.5. The van der Waals surface area contributed by atoms with Crippen molar-refractivity contribution in [3.63, 3.8) is 0 Å². The van der Waals surface area contributed by atoms with Crippen molar-refractivity contribution >= 4 is 20.1 Å². The van der Waals surface area contributed by atoms with Gasteiger partial charge < -0.3 is 4.43 Å². The molecule has 172 valence electrons. The summed E-state index contributed by atoms with van der Waals surface area (Å²) in [7, 11) is -2.48. The Bertz CT molecular complexity index is 1030. The van der Waals surface area contributed by atoms with E-state index in [4.69, 9.17) is 4.43 Å². The predicted molar refractivity (Wildman–Crippen MR) is 119 cm³/mol. The van der Waals surface area contributed by atoms with Gasteiger partial charge in [0, 0.05) is 5.56 Å². The lowest BCUT2D eigenvalue weighted by atomic mass is 9.99. The van der Waals surface area contributed by atoms with Crippen LogP contribution < -0.4 is 0 Å². The molecule has 3 rings (SSSR count). The van der Waals surface area contributed by atoms with E-state index in [1.54, 1.807) is 12.1 Å². The molecule has 1 aliphatic rings. The van der Waals surface area contributed by atoms with Crippen molar-refractivity contribution in [3.05, 3.63) is 70.5 Å². The molecular weight excluding hydrogens is 435 g/mol. The summed E-state index contributed by atoms with van der Waals surface area (Å²) in [5.74, 6) is -5.86. The number of carbonyl (C=O) groups is 2. The van der Waals surface area contributed by atoms with Gasteiger partial charge >= 0.3 is 0 Å². The van der Waals surface area contributed by atoms with E-state index in [2.05, 4.69) is 0 Å². The molecule has 0 fully saturated rings. The van der Waals surface area contributed by atoms with Crippen LogP contribution in [0.3, 0.4) is 0 Å². The summed E-state index contributed by atoms with van der Waals surface area (Å²) < 4.78 is 51.1. The van der Waals surface area contributed by atoms with Gasteiger partial charge in [-0.3, -0.25) is 14.5 Å². The van der Waals surface area contributed by atoms with Gasteiger partial charge in [0.25, 0.3) is 17.7 Å². The molecular formula is C24H28F3NO3Si. The summed E-state index contributed by atoms with van der Waals surface area (Å²) in [6.07, 6.45) is 0. The Hall–Kier alpha value is -2.45. The van der Waals surface area contributed by atoms with Crippen molar-refractivity contribution in [2.24, 2.45) is 0 Å². The molecule has 0 bridgehead atoms. The number of hydrogen-bond acceptors (Lipinski definition) is 3. The van der Waals surface area contributed by atoms with Crippen LogP contribution >= 0.6 is 0 Å². The molecule has 2 aromatic carbocycles. The highest BCUT2D eigenvalue weighted by Gasteiger charge is 2.44. The number of nitrogens with zero attached hydrogens (tertiary/aromatic N) is 1. The number of fused-ring (bicyclic) bond motifs is 1. The number of imide groups is 1. The van der Waals surface area contributed by atoms with Crippen LogP contribution in [0.4, 0.5) is 13.2 Å². The quantitative estimate of drug-likeness (QED) is 0.373. The van der Waals surface area contributed by atoms with E-state index in [-0.39, 0.29) is 21.7 Å². The van der Waals surface area contributed by atoms with E-state index in [0.717, 1.165) is 11.0 Å². The molecule has 0 aromatic heterocycles. The second-order valence-electron chi connectivity index (χ2n) is 9.66. The number of benzene rings is 2. The zero-order chi connectivity index (χ0) is 24.1. The summed E-state index contributed by atoms with van der Waals surface area (Å²) in [4.78, 5) is 26.4. The Morgan fingerprint density at radius 3 is 2.00 bits per heavy atom. The van der Waals surface area contributed by atoms with E-state index >= 15 is 13.2 Å². The SMILES string of the molecule is C[C@H](c1cccc(C(F)(F)CO[Si](C)(C)C(C)(C)C)c1F)N1C(=O)c2ccccc2C1=O. The molecule has 2 aromatic rings. The lowest BCUT2D eigenvalue weighted by Gasteiger charge is -2.37. The molecule has 2 amide bonds. The number of amides is 2. The molecule has 0 spiro atoms. The van der Waals surface area contributed by atoms with Crippen molar-refractivity contribution < 1.29 is 27.2 Å². The van der Waals surface area contributed by atoms with Crippen molar-refractivity contribution in [2.75, 3.05) is 6.61 Å². The van der Waals surface area contributed by atoms with Gasteiger partial charge in [-0.25, -0.2) is 4.39 Å². The standard InChI is InChI=1S/C24H28F3NO3Si/c1-15(28-21(29)17-10-7-8-11-18(17)22(28)30)16-12-9-13-19(20(16)25)24(26,27)14-31-32(5,6)23(2,3)4/h7-13,15H,14H2,1-6H3/t15-/m1/s1. The highest BCUT2D eigenvalue weighted by atomic mass is 28.4. The Labute approximate surface area is 187 Å². The lowest BCUT2D eigenvalue weighted by molar-refractivity contribution is -0.0537. The minimum absolute atomic E-state index is 0.149. The molecule has 1 heterocycles. The van der Waals surface area contributed by atoms with Crippen LogP contribution in [0.2, 0.25) is 18.1 Å². The average molecular weight is 464 g/mol. The van der Waals surface area contributed by atoms with Crippen LogP contribution in [0.15, 0.2) is 42.5 Å². The maximum absolute atomic E-state index is 15.3.